The average Bonchev–Trinajstić information content (AvgIpc) is 2.96. The maximum Gasteiger partial charge on any atom is 0.191 e. The topological polar surface area (TPSA) is 63.5 Å². The van der Waals surface area contributed by atoms with Crippen LogP contribution in [0.5, 0.6) is 0 Å². The number of aliphatic imine (C=N–C) groups is 1. The Morgan fingerprint density at radius 3 is 2.90 bits per heavy atom. The minimum Gasteiger partial charge on any atom is -0.382 e. The molecule has 0 saturated heterocycles. The number of nitrogens with one attached hydrogen (secondary N) is 2. The third-order valence-electron chi connectivity index (χ3n) is 2.71. The highest BCUT2D eigenvalue weighted by Crippen LogP contribution is 1.91. The number of guanidine groups is 1. The summed E-state index contributed by atoms with van der Waals surface area (Å²) in [6, 6.07) is 1.93. The molecular formula is C14H27N5O. The van der Waals surface area contributed by atoms with Crippen molar-refractivity contribution >= 4 is 5.96 Å². The Hall–Kier alpha value is -1.56. The van der Waals surface area contributed by atoms with Gasteiger partial charge in [0.15, 0.2) is 5.96 Å². The van der Waals surface area contributed by atoms with Gasteiger partial charge < -0.3 is 15.4 Å². The second-order valence-corrected chi connectivity index (χ2v) is 4.36. The van der Waals surface area contributed by atoms with Gasteiger partial charge in [-0.2, -0.15) is 5.10 Å². The molecule has 0 amide bonds. The van der Waals surface area contributed by atoms with E-state index in [1.807, 2.05) is 23.9 Å². The molecular weight excluding hydrogens is 254 g/mol. The van der Waals surface area contributed by atoms with Crippen molar-refractivity contribution in [1.82, 2.24) is 20.4 Å². The van der Waals surface area contributed by atoms with Crippen molar-refractivity contribution in [3.05, 3.63) is 18.5 Å². The molecule has 1 aromatic heterocycles. The van der Waals surface area contributed by atoms with Crippen molar-refractivity contribution in [2.24, 2.45) is 4.99 Å². The van der Waals surface area contributed by atoms with Crippen LogP contribution in [0.4, 0.5) is 0 Å². The van der Waals surface area contributed by atoms with E-state index in [9.17, 15) is 0 Å². The van der Waals surface area contributed by atoms with Crippen molar-refractivity contribution in [2.75, 3.05) is 32.8 Å². The number of nitrogens with zero attached hydrogens (tertiary/aromatic N) is 3. The van der Waals surface area contributed by atoms with Gasteiger partial charge >= 0.3 is 0 Å². The summed E-state index contributed by atoms with van der Waals surface area (Å²) in [5, 5.41) is 10.7. The highest BCUT2D eigenvalue weighted by molar-refractivity contribution is 5.79. The first-order valence-electron chi connectivity index (χ1n) is 7.44. The first-order chi connectivity index (χ1) is 9.86. The van der Waals surface area contributed by atoms with Crippen LogP contribution in [-0.4, -0.2) is 48.6 Å². The maximum absolute atomic E-state index is 5.30. The van der Waals surface area contributed by atoms with Gasteiger partial charge in [0.25, 0.3) is 0 Å². The molecule has 0 atom stereocenters. The summed E-state index contributed by atoms with van der Waals surface area (Å²) in [5.41, 5.74) is 0. The molecule has 6 nitrogen and oxygen atoms in total. The summed E-state index contributed by atoms with van der Waals surface area (Å²) in [6.07, 6.45) is 5.86. The Balaban J connectivity index is 2.17. The van der Waals surface area contributed by atoms with E-state index in [0.717, 1.165) is 58.2 Å². The first kappa shape index (κ1) is 16.5. The fraction of sp³-hybridized carbons (Fsp3) is 0.714. The van der Waals surface area contributed by atoms with E-state index in [1.165, 1.54) is 0 Å². The fourth-order valence-corrected chi connectivity index (χ4v) is 1.71. The number of rotatable bonds is 10. The quantitative estimate of drug-likeness (QED) is 0.385. The third kappa shape index (κ3) is 7.78. The van der Waals surface area contributed by atoms with Gasteiger partial charge in [0.1, 0.15) is 0 Å². The molecule has 1 heterocycles. The maximum atomic E-state index is 5.30. The molecule has 20 heavy (non-hydrogen) atoms. The highest BCUT2D eigenvalue weighted by Gasteiger charge is 1.97. The predicted molar refractivity (Wildman–Crippen MR) is 81.9 cm³/mol. The second kappa shape index (κ2) is 11.3. The monoisotopic (exact) mass is 281 g/mol. The van der Waals surface area contributed by atoms with Gasteiger partial charge in [-0.05, 0) is 32.8 Å². The van der Waals surface area contributed by atoms with E-state index in [1.54, 1.807) is 6.20 Å². The summed E-state index contributed by atoms with van der Waals surface area (Å²) < 4.78 is 7.21. The third-order valence-corrected chi connectivity index (χ3v) is 2.71. The van der Waals surface area contributed by atoms with Gasteiger partial charge in [-0.15, -0.1) is 0 Å². The Morgan fingerprint density at radius 2 is 2.20 bits per heavy atom. The lowest BCUT2D eigenvalue weighted by Crippen LogP contribution is -2.39. The van der Waals surface area contributed by atoms with Crippen LogP contribution in [0.3, 0.4) is 0 Å². The zero-order valence-electron chi connectivity index (χ0n) is 12.6. The molecule has 114 valence electrons. The average molecular weight is 281 g/mol. The summed E-state index contributed by atoms with van der Waals surface area (Å²) in [6.45, 7) is 9.05. The van der Waals surface area contributed by atoms with E-state index < -0.39 is 0 Å². The summed E-state index contributed by atoms with van der Waals surface area (Å²) in [5.74, 6) is 0.871. The molecule has 0 saturated carbocycles. The number of unbranched alkanes of at least 4 members (excludes halogenated alkanes) is 1. The summed E-state index contributed by atoms with van der Waals surface area (Å²) >= 11 is 0. The molecule has 6 heteroatoms. The largest absolute Gasteiger partial charge is 0.382 e. The second-order valence-electron chi connectivity index (χ2n) is 4.36. The molecule has 0 aliphatic heterocycles. The SMILES string of the molecule is CCNC(=NCCCCOCC)NCCn1cccn1. The van der Waals surface area contributed by atoms with Gasteiger partial charge in [0, 0.05) is 45.2 Å². The van der Waals surface area contributed by atoms with Crippen LogP contribution in [0.2, 0.25) is 0 Å². The number of hydrogen-bond donors (Lipinski definition) is 2. The molecule has 0 aliphatic carbocycles. The van der Waals surface area contributed by atoms with Crippen molar-refractivity contribution in [1.29, 1.82) is 0 Å². The van der Waals surface area contributed by atoms with E-state index >= 15 is 0 Å². The van der Waals surface area contributed by atoms with Crippen molar-refractivity contribution in [3.63, 3.8) is 0 Å². The van der Waals surface area contributed by atoms with Crippen LogP contribution in [0, 0.1) is 0 Å². The van der Waals surface area contributed by atoms with E-state index in [-0.39, 0.29) is 0 Å². The molecule has 0 aromatic carbocycles. The Labute approximate surface area is 121 Å². The minimum absolute atomic E-state index is 0.793. The zero-order valence-corrected chi connectivity index (χ0v) is 12.6. The van der Waals surface area contributed by atoms with Crippen LogP contribution >= 0.6 is 0 Å². The minimum atomic E-state index is 0.793. The van der Waals surface area contributed by atoms with Gasteiger partial charge in [-0.25, -0.2) is 0 Å². The normalized spacial score (nSPS) is 11.6. The van der Waals surface area contributed by atoms with Gasteiger partial charge in [0.2, 0.25) is 0 Å². The van der Waals surface area contributed by atoms with E-state index in [2.05, 4.69) is 27.6 Å². The first-order valence-corrected chi connectivity index (χ1v) is 7.44. The van der Waals surface area contributed by atoms with Crippen LogP contribution in [0.15, 0.2) is 23.5 Å². The molecule has 1 aromatic rings. The lowest BCUT2D eigenvalue weighted by molar-refractivity contribution is 0.144. The molecule has 0 spiro atoms. The smallest absolute Gasteiger partial charge is 0.191 e. The molecule has 0 bridgehead atoms. The lowest BCUT2D eigenvalue weighted by atomic mass is 10.3. The predicted octanol–water partition coefficient (Wildman–Crippen LogP) is 1.25. The highest BCUT2D eigenvalue weighted by atomic mass is 16.5. The lowest BCUT2D eigenvalue weighted by Gasteiger charge is -2.11. The van der Waals surface area contributed by atoms with Gasteiger partial charge in [0.05, 0.1) is 6.54 Å². The fourth-order valence-electron chi connectivity index (χ4n) is 1.71. The van der Waals surface area contributed by atoms with Crippen LogP contribution in [-0.2, 0) is 11.3 Å². The molecule has 2 N–H and O–H groups in total. The standard InChI is InChI=1S/C14H27N5O/c1-3-15-14(16-8-5-6-13-20-4-2)17-10-12-19-11-7-9-18-19/h7,9,11H,3-6,8,10,12-13H2,1-2H3,(H2,15,16,17). The number of aromatic nitrogens is 2. The Bertz CT molecular complexity index is 350. The summed E-state index contributed by atoms with van der Waals surface area (Å²) in [7, 11) is 0. The van der Waals surface area contributed by atoms with Crippen LogP contribution in [0.1, 0.15) is 26.7 Å². The molecule has 0 aliphatic rings. The summed E-state index contributed by atoms with van der Waals surface area (Å²) in [4.78, 5) is 4.54. The van der Waals surface area contributed by atoms with Gasteiger partial charge in [-0.1, -0.05) is 0 Å². The van der Waals surface area contributed by atoms with Crippen LogP contribution < -0.4 is 10.6 Å². The molecule has 0 fully saturated rings. The van der Waals surface area contributed by atoms with E-state index in [0.29, 0.717) is 0 Å². The van der Waals surface area contributed by atoms with Crippen molar-refractivity contribution in [3.8, 4) is 0 Å². The number of hydrogen-bond acceptors (Lipinski definition) is 3. The number of ether oxygens (including phenoxy) is 1. The molecule has 0 radical (unpaired) electrons. The Kier molecular flexibility index (Phi) is 9.30. The van der Waals surface area contributed by atoms with E-state index in [4.69, 9.17) is 4.74 Å². The van der Waals surface area contributed by atoms with Gasteiger partial charge in [-0.3, -0.25) is 9.67 Å². The van der Waals surface area contributed by atoms with Crippen molar-refractivity contribution in [2.45, 2.75) is 33.2 Å². The molecule has 1 rings (SSSR count). The molecule has 0 unspecified atom stereocenters. The van der Waals surface area contributed by atoms with Crippen molar-refractivity contribution < 1.29 is 4.74 Å². The Morgan fingerprint density at radius 1 is 1.30 bits per heavy atom. The zero-order chi connectivity index (χ0) is 14.5. The van der Waals surface area contributed by atoms with Crippen LogP contribution in [0.25, 0.3) is 0 Å².